The van der Waals surface area contributed by atoms with Crippen molar-refractivity contribution < 1.29 is 8.42 Å². The van der Waals surface area contributed by atoms with E-state index in [1.807, 2.05) is 19.1 Å². The van der Waals surface area contributed by atoms with Crippen LogP contribution in [0.1, 0.15) is 36.1 Å². The van der Waals surface area contributed by atoms with Crippen LogP contribution in [0.25, 0.3) is 0 Å². The first kappa shape index (κ1) is 16.4. The molecule has 0 saturated carbocycles. The van der Waals surface area contributed by atoms with Crippen molar-refractivity contribution in [1.82, 2.24) is 9.29 Å². The SMILES string of the molecule is CCc1ccc(S(=O)(=O)N2CCC(c3cc[nH]c(=O)c3)CC2)s1. The summed E-state index contributed by atoms with van der Waals surface area (Å²) in [5.41, 5.74) is 0.887. The van der Waals surface area contributed by atoms with Gasteiger partial charge in [0, 0.05) is 30.2 Å². The summed E-state index contributed by atoms with van der Waals surface area (Å²) < 4.78 is 27.4. The van der Waals surface area contributed by atoms with E-state index in [1.54, 1.807) is 22.6 Å². The summed E-state index contributed by atoms with van der Waals surface area (Å²) in [5.74, 6) is 0.248. The maximum absolute atomic E-state index is 12.7. The molecule has 1 N–H and O–H groups in total. The molecule has 1 aliphatic rings. The van der Waals surface area contributed by atoms with Gasteiger partial charge in [-0.25, -0.2) is 8.42 Å². The molecule has 0 bridgehead atoms. The second kappa shape index (κ2) is 6.59. The minimum absolute atomic E-state index is 0.108. The highest BCUT2D eigenvalue weighted by Crippen LogP contribution is 2.32. The molecular weight excluding hydrogens is 332 g/mol. The van der Waals surface area contributed by atoms with Gasteiger partial charge in [-0.1, -0.05) is 6.92 Å². The molecule has 2 aromatic heterocycles. The molecule has 5 nitrogen and oxygen atoms in total. The Labute approximate surface area is 140 Å². The van der Waals surface area contributed by atoms with Crippen molar-refractivity contribution in [3.05, 3.63) is 51.3 Å². The number of aryl methyl sites for hydroxylation is 1. The van der Waals surface area contributed by atoms with Gasteiger partial charge in [0.05, 0.1) is 0 Å². The lowest BCUT2D eigenvalue weighted by molar-refractivity contribution is 0.320. The van der Waals surface area contributed by atoms with Gasteiger partial charge in [-0.05, 0) is 48.9 Å². The number of sulfonamides is 1. The van der Waals surface area contributed by atoms with Crippen LogP contribution in [0.2, 0.25) is 0 Å². The monoisotopic (exact) mass is 352 g/mol. The molecule has 0 amide bonds. The van der Waals surface area contributed by atoms with Crippen molar-refractivity contribution >= 4 is 21.4 Å². The van der Waals surface area contributed by atoms with Crippen LogP contribution in [-0.4, -0.2) is 30.8 Å². The van der Waals surface area contributed by atoms with E-state index < -0.39 is 10.0 Å². The lowest BCUT2D eigenvalue weighted by atomic mass is 9.91. The van der Waals surface area contributed by atoms with Gasteiger partial charge < -0.3 is 4.98 Å². The number of rotatable bonds is 4. The van der Waals surface area contributed by atoms with Gasteiger partial charge >= 0.3 is 0 Å². The fraction of sp³-hybridized carbons (Fsp3) is 0.438. The average molecular weight is 352 g/mol. The molecular formula is C16H20N2O3S2. The van der Waals surface area contributed by atoms with E-state index in [0.29, 0.717) is 17.3 Å². The standard InChI is InChI=1S/C16H20N2O3S2/c1-2-14-3-4-16(22-14)23(20,21)18-9-6-12(7-10-18)13-5-8-17-15(19)11-13/h3-5,8,11-12H,2,6-7,9-10H2,1H3,(H,17,19). The summed E-state index contributed by atoms with van der Waals surface area (Å²) in [4.78, 5) is 15.1. The average Bonchev–Trinajstić information content (AvgIpc) is 3.05. The lowest BCUT2D eigenvalue weighted by Crippen LogP contribution is -2.37. The number of hydrogen-bond donors (Lipinski definition) is 1. The van der Waals surface area contributed by atoms with Gasteiger partial charge in [0.2, 0.25) is 5.56 Å². The fourth-order valence-electron chi connectivity index (χ4n) is 2.96. The highest BCUT2D eigenvalue weighted by atomic mass is 32.2. The molecule has 3 rings (SSSR count). The van der Waals surface area contributed by atoms with Gasteiger partial charge in [-0.3, -0.25) is 4.79 Å². The molecule has 0 aromatic carbocycles. The number of piperidine rings is 1. The minimum Gasteiger partial charge on any atom is -0.329 e. The van der Waals surface area contributed by atoms with Crippen LogP contribution in [0, 0.1) is 0 Å². The largest absolute Gasteiger partial charge is 0.329 e. The van der Waals surface area contributed by atoms with Crippen molar-refractivity contribution in [1.29, 1.82) is 0 Å². The van der Waals surface area contributed by atoms with Crippen LogP contribution < -0.4 is 5.56 Å². The van der Waals surface area contributed by atoms with Crippen molar-refractivity contribution in [3.63, 3.8) is 0 Å². The molecule has 0 atom stereocenters. The molecule has 2 aromatic rings. The third kappa shape index (κ3) is 3.41. The zero-order chi connectivity index (χ0) is 16.4. The third-order valence-electron chi connectivity index (χ3n) is 4.30. The number of H-pyrrole nitrogens is 1. The Kier molecular flexibility index (Phi) is 4.70. The Hall–Kier alpha value is -1.44. The second-order valence-electron chi connectivity index (χ2n) is 5.74. The van der Waals surface area contributed by atoms with E-state index in [0.717, 1.165) is 29.7 Å². The molecule has 0 radical (unpaired) electrons. The number of thiophene rings is 1. The van der Waals surface area contributed by atoms with Crippen LogP contribution in [-0.2, 0) is 16.4 Å². The summed E-state index contributed by atoms with van der Waals surface area (Å²) >= 11 is 1.36. The van der Waals surface area contributed by atoms with Gasteiger partial charge in [0.1, 0.15) is 4.21 Å². The normalized spacial score (nSPS) is 17.4. The van der Waals surface area contributed by atoms with Crippen molar-refractivity contribution in [2.45, 2.75) is 36.3 Å². The van der Waals surface area contributed by atoms with Crippen LogP contribution in [0.4, 0.5) is 0 Å². The van der Waals surface area contributed by atoms with Gasteiger partial charge in [-0.15, -0.1) is 11.3 Å². The van der Waals surface area contributed by atoms with E-state index >= 15 is 0 Å². The molecule has 1 fully saturated rings. The number of nitrogens with one attached hydrogen (secondary N) is 1. The molecule has 7 heteroatoms. The van der Waals surface area contributed by atoms with Crippen LogP contribution in [0.5, 0.6) is 0 Å². The predicted octanol–water partition coefficient (Wildman–Crippen LogP) is 2.57. The lowest BCUT2D eigenvalue weighted by Gasteiger charge is -2.30. The third-order valence-corrected chi connectivity index (χ3v) is 7.90. The predicted molar refractivity (Wildman–Crippen MR) is 91.5 cm³/mol. The minimum atomic E-state index is -3.38. The highest BCUT2D eigenvalue weighted by molar-refractivity contribution is 7.91. The quantitative estimate of drug-likeness (QED) is 0.919. The first-order chi connectivity index (χ1) is 11.0. The second-order valence-corrected chi connectivity index (χ2v) is 9.07. The first-order valence-corrected chi connectivity index (χ1v) is 10.0. The highest BCUT2D eigenvalue weighted by Gasteiger charge is 2.30. The Morgan fingerprint density at radius 3 is 2.61 bits per heavy atom. The fourth-order valence-corrected chi connectivity index (χ4v) is 5.88. The topological polar surface area (TPSA) is 70.2 Å². The van der Waals surface area contributed by atoms with E-state index in [4.69, 9.17) is 0 Å². The van der Waals surface area contributed by atoms with Crippen molar-refractivity contribution in [2.24, 2.45) is 0 Å². The van der Waals surface area contributed by atoms with E-state index in [2.05, 4.69) is 4.98 Å². The Bertz CT molecular complexity index is 831. The van der Waals surface area contributed by atoms with Crippen LogP contribution in [0.3, 0.4) is 0 Å². The van der Waals surface area contributed by atoms with Crippen LogP contribution in [0.15, 0.2) is 39.5 Å². The molecule has 124 valence electrons. The van der Waals surface area contributed by atoms with Crippen molar-refractivity contribution in [3.8, 4) is 0 Å². The van der Waals surface area contributed by atoms with Gasteiger partial charge in [0.15, 0.2) is 0 Å². The zero-order valence-corrected chi connectivity index (χ0v) is 14.6. The molecule has 23 heavy (non-hydrogen) atoms. The maximum atomic E-state index is 12.7. The first-order valence-electron chi connectivity index (χ1n) is 7.78. The summed E-state index contributed by atoms with van der Waals surface area (Å²) in [6, 6.07) is 7.12. The van der Waals surface area contributed by atoms with Crippen LogP contribution >= 0.6 is 11.3 Å². The zero-order valence-electron chi connectivity index (χ0n) is 13.0. The van der Waals surface area contributed by atoms with E-state index in [9.17, 15) is 13.2 Å². The molecule has 3 heterocycles. The number of aromatic amines is 1. The Morgan fingerprint density at radius 1 is 1.26 bits per heavy atom. The van der Waals surface area contributed by atoms with Gasteiger partial charge in [0.25, 0.3) is 10.0 Å². The molecule has 0 aliphatic carbocycles. The summed E-state index contributed by atoms with van der Waals surface area (Å²) in [6.07, 6.45) is 3.99. The molecule has 0 unspecified atom stereocenters. The maximum Gasteiger partial charge on any atom is 0.252 e. The molecule has 1 saturated heterocycles. The Morgan fingerprint density at radius 2 is 2.00 bits per heavy atom. The summed E-state index contributed by atoms with van der Waals surface area (Å²) in [7, 11) is -3.38. The van der Waals surface area contributed by atoms with E-state index in [-0.39, 0.29) is 11.5 Å². The molecule has 1 aliphatic heterocycles. The van der Waals surface area contributed by atoms with E-state index in [1.165, 1.54) is 11.3 Å². The summed E-state index contributed by atoms with van der Waals surface area (Å²) in [5, 5.41) is 0. The number of pyridine rings is 1. The number of aromatic nitrogens is 1. The molecule has 0 spiro atoms. The van der Waals surface area contributed by atoms with Crippen molar-refractivity contribution in [2.75, 3.05) is 13.1 Å². The van der Waals surface area contributed by atoms with Gasteiger partial charge in [-0.2, -0.15) is 4.31 Å². The number of hydrogen-bond acceptors (Lipinski definition) is 4. The Balaban J connectivity index is 1.72. The summed E-state index contributed by atoms with van der Waals surface area (Å²) in [6.45, 7) is 3.02. The smallest absolute Gasteiger partial charge is 0.252 e. The number of nitrogens with zero attached hydrogens (tertiary/aromatic N) is 1.